The summed E-state index contributed by atoms with van der Waals surface area (Å²) in [6, 6.07) is 13.5. The van der Waals surface area contributed by atoms with Crippen LogP contribution < -0.4 is 15.0 Å². The van der Waals surface area contributed by atoms with E-state index >= 15 is 4.39 Å². The Kier molecular flexibility index (Phi) is 6.27. The number of para-hydroxylation sites is 1. The van der Waals surface area contributed by atoms with Crippen LogP contribution >= 0.6 is 11.3 Å². The predicted octanol–water partition coefficient (Wildman–Crippen LogP) is 5.76. The second kappa shape index (κ2) is 9.91. The molecule has 0 spiro atoms. The molecule has 1 unspecified atom stereocenters. The van der Waals surface area contributed by atoms with Gasteiger partial charge >= 0.3 is 0 Å². The van der Waals surface area contributed by atoms with E-state index in [9.17, 15) is 14.0 Å². The van der Waals surface area contributed by atoms with Crippen molar-refractivity contribution in [3.8, 4) is 22.1 Å². The molecule has 0 radical (unpaired) electrons. The van der Waals surface area contributed by atoms with Crippen molar-refractivity contribution in [2.75, 3.05) is 16.8 Å². The molecule has 0 bridgehead atoms. The second-order valence-corrected chi connectivity index (χ2v) is 10.1. The fourth-order valence-electron chi connectivity index (χ4n) is 4.50. The zero-order valence-corrected chi connectivity index (χ0v) is 21.4. The first-order valence-electron chi connectivity index (χ1n) is 12.1. The maximum absolute atomic E-state index is 15.0. The zero-order chi connectivity index (χ0) is 27.1. The number of hydrogen-bond donors (Lipinski definition) is 1. The molecule has 2 aromatic carbocycles. The summed E-state index contributed by atoms with van der Waals surface area (Å²) in [5.74, 6) is -2.90. The van der Waals surface area contributed by atoms with Gasteiger partial charge in [-0.15, -0.1) is 11.3 Å². The number of rotatable bonds is 6. The van der Waals surface area contributed by atoms with Crippen LogP contribution in [0, 0.1) is 17.6 Å². The molecule has 5 aromatic rings. The molecule has 0 aliphatic carbocycles. The van der Waals surface area contributed by atoms with E-state index in [4.69, 9.17) is 4.74 Å². The highest BCUT2D eigenvalue weighted by Crippen LogP contribution is 2.39. The fraction of sp³-hybridized carbons (Fsp3) is 0.143. The van der Waals surface area contributed by atoms with Gasteiger partial charge in [-0.05, 0) is 36.8 Å². The fourth-order valence-corrected chi connectivity index (χ4v) is 5.53. The lowest BCUT2D eigenvalue weighted by Crippen LogP contribution is -2.33. The molecule has 39 heavy (non-hydrogen) atoms. The van der Waals surface area contributed by atoms with Gasteiger partial charge in [0, 0.05) is 43.8 Å². The first-order chi connectivity index (χ1) is 18.9. The molecule has 1 aliphatic rings. The maximum Gasteiger partial charge on any atom is 0.239 e. The van der Waals surface area contributed by atoms with Gasteiger partial charge in [0.1, 0.15) is 17.5 Å². The van der Waals surface area contributed by atoms with Gasteiger partial charge in [0.05, 0.1) is 32.8 Å². The van der Waals surface area contributed by atoms with Crippen molar-refractivity contribution < 1.29 is 23.1 Å². The van der Waals surface area contributed by atoms with Gasteiger partial charge in [-0.25, -0.2) is 13.8 Å². The number of halogens is 2. The first kappa shape index (κ1) is 24.7. The van der Waals surface area contributed by atoms with E-state index in [1.807, 2.05) is 23.9 Å². The molecule has 1 atom stereocenters. The zero-order valence-electron chi connectivity index (χ0n) is 20.6. The summed E-state index contributed by atoms with van der Waals surface area (Å²) in [7, 11) is 1.89. The predicted molar refractivity (Wildman–Crippen MR) is 144 cm³/mol. The summed E-state index contributed by atoms with van der Waals surface area (Å²) in [4.78, 5) is 36.5. The number of nitrogens with zero attached hydrogens (tertiary/aromatic N) is 4. The van der Waals surface area contributed by atoms with Crippen LogP contribution in [0.3, 0.4) is 0 Å². The lowest BCUT2D eigenvalue weighted by atomic mass is 10.1. The molecule has 11 heteroatoms. The van der Waals surface area contributed by atoms with Crippen LogP contribution in [-0.2, 0) is 16.6 Å². The Morgan fingerprint density at radius 2 is 1.92 bits per heavy atom. The molecular weight excluding hydrogens is 524 g/mol. The van der Waals surface area contributed by atoms with E-state index in [1.54, 1.807) is 24.7 Å². The summed E-state index contributed by atoms with van der Waals surface area (Å²) >= 11 is 1.44. The number of ether oxygens (including phenoxy) is 1. The van der Waals surface area contributed by atoms with Gasteiger partial charge in [0.15, 0.2) is 11.6 Å². The van der Waals surface area contributed by atoms with Gasteiger partial charge in [0.25, 0.3) is 0 Å². The third-order valence-electron chi connectivity index (χ3n) is 6.42. The van der Waals surface area contributed by atoms with Gasteiger partial charge in [-0.3, -0.25) is 14.6 Å². The average molecular weight is 546 g/mol. The minimum Gasteiger partial charge on any atom is -0.453 e. The van der Waals surface area contributed by atoms with E-state index in [0.717, 1.165) is 21.3 Å². The molecule has 3 aromatic heterocycles. The number of imidazole rings is 1. The number of nitrogens with one attached hydrogen (secondary N) is 1. The first-order valence-corrected chi connectivity index (χ1v) is 12.9. The number of aromatic nitrogens is 3. The Hall–Kier alpha value is -4.64. The van der Waals surface area contributed by atoms with E-state index in [2.05, 4.69) is 15.3 Å². The van der Waals surface area contributed by atoms with Crippen molar-refractivity contribution >= 4 is 44.7 Å². The molecule has 1 fully saturated rings. The van der Waals surface area contributed by atoms with E-state index in [0.29, 0.717) is 11.3 Å². The number of anilines is 2. The highest BCUT2D eigenvalue weighted by Gasteiger charge is 2.38. The van der Waals surface area contributed by atoms with E-state index in [-0.39, 0.29) is 30.1 Å². The summed E-state index contributed by atoms with van der Waals surface area (Å²) in [6.07, 6.45) is 5.42. The number of pyridine rings is 1. The van der Waals surface area contributed by atoms with Crippen molar-refractivity contribution in [1.82, 2.24) is 14.5 Å². The molecule has 4 heterocycles. The molecule has 196 valence electrons. The molecule has 1 aliphatic heterocycles. The second-order valence-electron chi connectivity index (χ2n) is 9.08. The van der Waals surface area contributed by atoms with E-state index < -0.39 is 29.4 Å². The Morgan fingerprint density at radius 3 is 2.69 bits per heavy atom. The highest BCUT2D eigenvalue weighted by atomic mass is 32.1. The molecule has 0 saturated carbocycles. The number of benzene rings is 2. The highest BCUT2D eigenvalue weighted by molar-refractivity contribution is 7.22. The van der Waals surface area contributed by atoms with Crippen LogP contribution in [-0.4, -0.2) is 32.9 Å². The molecule has 1 saturated heterocycles. The summed E-state index contributed by atoms with van der Waals surface area (Å²) < 4.78 is 37.6. The number of thiophene rings is 1. The monoisotopic (exact) mass is 545 g/mol. The summed E-state index contributed by atoms with van der Waals surface area (Å²) in [5, 5.41) is 2.59. The minimum atomic E-state index is -0.999. The molecule has 2 amide bonds. The third-order valence-corrected chi connectivity index (χ3v) is 7.58. The molecule has 8 nitrogen and oxygen atoms in total. The van der Waals surface area contributed by atoms with Gasteiger partial charge in [-0.1, -0.05) is 12.1 Å². The van der Waals surface area contributed by atoms with E-state index in [1.165, 1.54) is 46.6 Å². The lowest BCUT2D eigenvalue weighted by Gasteiger charge is -2.17. The quantitative estimate of drug-likeness (QED) is 0.274. The standard InChI is InChI=1S/C28H21F2N5O3S/c1-34-14-21(32-15-34)25-13-20-26(39-25)24(8-10-31-20)38-23-7-6-16(12-19(23)30)33-27(36)17-9-11-35(28(17)37)22-5-3-2-4-18(22)29/h2-8,10,12-15,17H,9,11H2,1H3,(H,33,36). The van der Waals surface area contributed by atoms with Crippen molar-refractivity contribution in [1.29, 1.82) is 0 Å². The normalized spacial score (nSPS) is 15.2. The van der Waals surface area contributed by atoms with Crippen molar-refractivity contribution in [3.05, 3.63) is 85.0 Å². The molecule has 1 N–H and O–H groups in total. The van der Waals surface area contributed by atoms with Crippen LogP contribution in [0.2, 0.25) is 0 Å². The summed E-state index contributed by atoms with van der Waals surface area (Å²) in [5.41, 5.74) is 1.81. The molecule has 6 rings (SSSR count). The number of carbonyl (C=O) groups is 2. The average Bonchev–Trinajstić information content (AvgIpc) is 3.64. The Morgan fingerprint density at radius 1 is 1.08 bits per heavy atom. The minimum absolute atomic E-state index is 0.0315. The molecular formula is C28H21F2N5O3S. The largest absolute Gasteiger partial charge is 0.453 e. The van der Waals surface area contributed by atoms with Crippen molar-refractivity contribution in [2.24, 2.45) is 13.0 Å². The topological polar surface area (TPSA) is 89.3 Å². The summed E-state index contributed by atoms with van der Waals surface area (Å²) in [6.45, 7) is 0.212. The Labute approximate surface area is 225 Å². The Balaban J connectivity index is 1.17. The third kappa shape index (κ3) is 4.72. The number of aryl methyl sites for hydroxylation is 1. The van der Waals surface area contributed by atoms with Crippen LogP contribution in [0.5, 0.6) is 11.5 Å². The Bertz CT molecular complexity index is 1730. The van der Waals surface area contributed by atoms with Crippen LogP contribution in [0.15, 0.2) is 73.3 Å². The van der Waals surface area contributed by atoms with Gasteiger partial charge in [-0.2, -0.15) is 0 Å². The number of fused-ring (bicyclic) bond motifs is 1. The van der Waals surface area contributed by atoms with Crippen LogP contribution in [0.1, 0.15) is 6.42 Å². The lowest BCUT2D eigenvalue weighted by molar-refractivity contribution is -0.129. The smallest absolute Gasteiger partial charge is 0.239 e. The SMILES string of the molecule is Cn1cnc(-c2cc3nccc(Oc4ccc(NC(=O)C5CCN(c6ccccc6F)C5=O)cc4F)c3s2)c1. The van der Waals surface area contributed by atoms with Crippen LogP contribution in [0.25, 0.3) is 20.8 Å². The van der Waals surface area contributed by atoms with Crippen LogP contribution in [0.4, 0.5) is 20.2 Å². The maximum atomic E-state index is 15.0. The number of amides is 2. The number of hydrogen-bond acceptors (Lipinski definition) is 6. The number of carbonyl (C=O) groups excluding carboxylic acids is 2. The van der Waals surface area contributed by atoms with Gasteiger partial charge < -0.3 is 19.5 Å². The van der Waals surface area contributed by atoms with Gasteiger partial charge in [0.2, 0.25) is 11.8 Å². The van der Waals surface area contributed by atoms with Crippen molar-refractivity contribution in [3.63, 3.8) is 0 Å². The van der Waals surface area contributed by atoms with Crippen molar-refractivity contribution in [2.45, 2.75) is 6.42 Å².